The average molecular weight is 313 g/mol. The molecule has 0 bridgehead atoms. The molecule has 1 aliphatic rings. The van der Waals surface area contributed by atoms with Crippen LogP contribution in [0.25, 0.3) is 0 Å². The van der Waals surface area contributed by atoms with Crippen molar-refractivity contribution in [2.75, 3.05) is 19.8 Å². The number of alkyl carbamates (subject to hydrolysis) is 1. The fourth-order valence-electron chi connectivity index (χ4n) is 2.51. The highest BCUT2D eigenvalue weighted by Gasteiger charge is 2.31. The lowest BCUT2D eigenvalue weighted by Crippen LogP contribution is -2.47. The maximum absolute atomic E-state index is 11.8. The summed E-state index contributed by atoms with van der Waals surface area (Å²) in [6.45, 7) is 9.15. The molecule has 1 rings (SSSR count). The number of carbonyl (C=O) groups excluding carboxylic acids is 1. The van der Waals surface area contributed by atoms with Crippen LogP contribution in [0.2, 0.25) is 0 Å². The number of nitrogens with one attached hydrogen (secondary N) is 1. The van der Waals surface area contributed by atoms with E-state index in [1.54, 1.807) is 0 Å². The first-order chi connectivity index (χ1) is 10.4. The van der Waals surface area contributed by atoms with E-state index in [9.17, 15) is 14.7 Å². The van der Waals surface area contributed by atoms with Crippen LogP contribution in [-0.4, -0.2) is 43.0 Å². The number of carbonyl (C=O) groups is 2. The summed E-state index contributed by atoms with van der Waals surface area (Å²) in [5, 5.41) is 11.7. The van der Waals surface area contributed by atoms with Crippen LogP contribution in [0.3, 0.4) is 0 Å². The van der Waals surface area contributed by atoms with Crippen molar-refractivity contribution in [3.05, 3.63) is 12.7 Å². The van der Waals surface area contributed by atoms with E-state index in [0.717, 1.165) is 6.42 Å². The number of carboxylic acid groups (broad SMARTS) is 1. The molecule has 6 heteroatoms. The summed E-state index contributed by atoms with van der Waals surface area (Å²) in [6, 6.07) is -0.919. The van der Waals surface area contributed by atoms with Crippen LogP contribution in [0.1, 0.15) is 39.5 Å². The van der Waals surface area contributed by atoms with E-state index in [2.05, 4.69) is 25.7 Å². The molecule has 0 aromatic rings. The summed E-state index contributed by atoms with van der Waals surface area (Å²) in [5.74, 6) is -1.15. The van der Waals surface area contributed by atoms with Gasteiger partial charge in [-0.2, -0.15) is 0 Å². The Labute approximate surface area is 131 Å². The molecule has 0 aromatic carbocycles. The normalized spacial score (nSPS) is 17.5. The van der Waals surface area contributed by atoms with Gasteiger partial charge in [0.25, 0.3) is 0 Å². The lowest BCUT2D eigenvalue weighted by Gasteiger charge is -2.28. The molecule has 1 amide bonds. The molecule has 0 radical (unpaired) electrons. The predicted molar refractivity (Wildman–Crippen MR) is 82.7 cm³/mol. The number of hydrogen-bond donors (Lipinski definition) is 2. The smallest absolute Gasteiger partial charge is 0.407 e. The van der Waals surface area contributed by atoms with Gasteiger partial charge in [-0.25, -0.2) is 9.59 Å². The van der Waals surface area contributed by atoms with Gasteiger partial charge < -0.3 is 19.9 Å². The molecule has 0 spiro atoms. The summed E-state index contributed by atoms with van der Waals surface area (Å²) >= 11 is 0. The topological polar surface area (TPSA) is 84.9 Å². The molecule has 1 aliphatic heterocycles. The minimum absolute atomic E-state index is 0.00887. The van der Waals surface area contributed by atoms with Crippen molar-refractivity contribution in [1.82, 2.24) is 5.32 Å². The Bertz CT molecular complexity index is 388. The maximum atomic E-state index is 11.8. The molecule has 126 valence electrons. The molecule has 1 fully saturated rings. The van der Waals surface area contributed by atoms with Gasteiger partial charge in [0.05, 0.1) is 6.61 Å². The first-order valence-electron chi connectivity index (χ1n) is 7.70. The molecule has 1 heterocycles. The Hall–Kier alpha value is -1.56. The van der Waals surface area contributed by atoms with Crippen LogP contribution in [0.4, 0.5) is 4.79 Å². The highest BCUT2D eigenvalue weighted by Crippen LogP contribution is 2.25. The minimum atomic E-state index is -1.03. The summed E-state index contributed by atoms with van der Waals surface area (Å²) in [7, 11) is 0. The van der Waals surface area contributed by atoms with Crippen LogP contribution in [0.15, 0.2) is 12.7 Å². The molecule has 1 saturated heterocycles. The fourth-order valence-corrected chi connectivity index (χ4v) is 2.51. The largest absolute Gasteiger partial charge is 0.480 e. The third kappa shape index (κ3) is 6.47. The summed E-state index contributed by atoms with van der Waals surface area (Å²) < 4.78 is 10.3. The molecule has 2 N–H and O–H groups in total. The lowest BCUT2D eigenvalue weighted by atomic mass is 9.86. The Kier molecular flexibility index (Phi) is 7.38. The first kappa shape index (κ1) is 18.5. The van der Waals surface area contributed by atoms with E-state index < -0.39 is 18.1 Å². The van der Waals surface area contributed by atoms with Crippen LogP contribution in [-0.2, 0) is 14.3 Å². The first-order valence-corrected chi connectivity index (χ1v) is 7.70. The van der Waals surface area contributed by atoms with Gasteiger partial charge in [0.2, 0.25) is 0 Å². The number of aliphatic carboxylic acids is 1. The van der Waals surface area contributed by atoms with Crippen LogP contribution in [0.5, 0.6) is 0 Å². The second kappa shape index (κ2) is 8.78. The van der Waals surface area contributed by atoms with E-state index in [4.69, 9.17) is 9.47 Å². The van der Waals surface area contributed by atoms with Gasteiger partial charge >= 0.3 is 12.1 Å². The van der Waals surface area contributed by atoms with Crippen molar-refractivity contribution in [1.29, 1.82) is 0 Å². The lowest BCUT2D eigenvalue weighted by molar-refractivity contribution is -0.141. The standard InChI is InChI=1S/C16H27NO5/c1-4-7-16(2,3)8-11-22-15(20)17-13(14(18)19)12-5-9-21-10-6-12/h4,12-13H,1,5-11H2,2-3H3,(H,17,20)(H,18,19)/t13-/m0/s1. The van der Waals surface area contributed by atoms with E-state index >= 15 is 0 Å². The van der Waals surface area contributed by atoms with Gasteiger partial charge in [-0.05, 0) is 37.0 Å². The molecular weight excluding hydrogens is 286 g/mol. The Morgan fingerprint density at radius 3 is 2.64 bits per heavy atom. The van der Waals surface area contributed by atoms with Crippen LogP contribution >= 0.6 is 0 Å². The zero-order valence-corrected chi connectivity index (χ0v) is 13.5. The van der Waals surface area contributed by atoms with Gasteiger partial charge in [-0.15, -0.1) is 6.58 Å². The Balaban J connectivity index is 2.40. The van der Waals surface area contributed by atoms with Crippen molar-refractivity contribution in [3.8, 4) is 0 Å². The third-order valence-corrected chi connectivity index (χ3v) is 3.99. The van der Waals surface area contributed by atoms with Crippen molar-refractivity contribution >= 4 is 12.1 Å². The molecule has 22 heavy (non-hydrogen) atoms. The van der Waals surface area contributed by atoms with E-state index in [-0.39, 0.29) is 17.9 Å². The monoisotopic (exact) mass is 313 g/mol. The van der Waals surface area contributed by atoms with Gasteiger partial charge in [0.15, 0.2) is 0 Å². The van der Waals surface area contributed by atoms with Crippen molar-refractivity contribution < 1.29 is 24.2 Å². The molecule has 0 aliphatic carbocycles. The molecule has 6 nitrogen and oxygen atoms in total. The molecule has 0 unspecified atom stereocenters. The second-order valence-corrected chi connectivity index (χ2v) is 6.45. The molecule has 1 atom stereocenters. The summed E-state index contributed by atoms with van der Waals surface area (Å²) in [6.07, 6.45) is 3.95. The number of amides is 1. The maximum Gasteiger partial charge on any atom is 0.407 e. The molecule has 0 aromatic heterocycles. The molecule has 0 saturated carbocycles. The third-order valence-electron chi connectivity index (χ3n) is 3.99. The van der Waals surface area contributed by atoms with Gasteiger partial charge in [0, 0.05) is 13.2 Å². The summed E-state index contributed by atoms with van der Waals surface area (Å²) in [4.78, 5) is 23.1. The average Bonchev–Trinajstić information content (AvgIpc) is 2.45. The van der Waals surface area contributed by atoms with E-state index in [1.807, 2.05) is 6.08 Å². The van der Waals surface area contributed by atoms with Crippen LogP contribution < -0.4 is 5.32 Å². The van der Waals surface area contributed by atoms with Gasteiger partial charge in [-0.3, -0.25) is 0 Å². The highest BCUT2D eigenvalue weighted by atomic mass is 16.5. The predicted octanol–water partition coefficient (Wildman–Crippen LogP) is 2.58. The molecular formula is C16H27NO5. The zero-order valence-electron chi connectivity index (χ0n) is 13.5. The van der Waals surface area contributed by atoms with Crippen molar-refractivity contribution in [2.45, 2.75) is 45.6 Å². The SMILES string of the molecule is C=CCC(C)(C)CCOC(=O)N[C@H](C(=O)O)C1CCOCC1. The Morgan fingerprint density at radius 2 is 2.09 bits per heavy atom. The summed E-state index contributed by atoms with van der Waals surface area (Å²) in [5.41, 5.74) is 0.00887. The minimum Gasteiger partial charge on any atom is -0.480 e. The fraction of sp³-hybridized carbons (Fsp3) is 0.750. The van der Waals surface area contributed by atoms with Crippen molar-refractivity contribution in [3.63, 3.8) is 0 Å². The number of allylic oxidation sites excluding steroid dienone is 1. The van der Waals surface area contributed by atoms with E-state index in [1.165, 1.54) is 0 Å². The van der Waals surface area contributed by atoms with Gasteiger partial charge in [-0.1, -0.05) is 19.9 Å². The quantitative estimate of drug-likeness (QED) is 0.673. The number of rotatable bonds is 8. The Morgan fingerprint density at radius 1 is 1.45 bits per heavy atom. The number of hydrogen-bond acceptors (Lipinski definition) is 4. The van der Waals surface area contributed by atoms with Crippen molar-refractivity contribution in [2.24, 2.45) is 11.3 Å². The number of ether oxygens (including phenoxy) is 2. The van der Waals surface area contributed by atoms with Gasteiger partial charge in [0.1, 0.15) is 6.04 Å². The zero-order chi connectivity index (χ0) is 16.6. The highest BCUT2D eigenvalue weighted by molar-refractivity contribution is 5.80. The van der Waals surface area contributed by atoms with Crippen LogP contribution in [0, 0.1) is 11.3 Å². The number of carboxylic acids is 1. The second-order valence-electron chi connectivity index (χ2n) is 6.45. The van der Waals surface area contributed by atoms with E-state index in [0.29, 0.717) is 32.5 Å².